The van der Waals surface area contributed by atoms with Gasteiger partial charge in [0.1, 0.15) is 0 Å². The summed E-state index contributed by atoms with van der Waals surface area (Å²) in [5, 5.41) is 0.359. The lowest BCUT2D eigenvalue weighted by molar-refractivity contribution is -0.141. The van der Waals surface area contributed by atoms with Crippen molar-refractivity contribution in [3.05, 3.63) is 29.6 Å². The molecule has 2 heterocycles. The Kier molecular flexibility index (Phi) is 4.34. The van der Waals surface area contributed by atoms with Gasteiger partial charge in [-0.1, -0.05) is 12.8 Å². The molecule has 1 aliphatic heterocycles. The van der Waals surface area contributed by atoms with E-state index in [0.717, 1.165) is 37.6 Å². The molecule has 2 aliphatic rings. The maximum atomic E-state index is 13.1. The summed E-state index contributed by atoms with van der Waals surface area (Å²) in [6.07, 6.45) is 0.558. The van der Waals surface area contributed by atoms with Crippen molar-refractivity contribution in [3.63, 3.8) is 0 Å². The molecule has 0 spiro atoms. The fourth-order valence-corrected chi connectivity index (χ4v) is 4.75. The minimum Gasteiger partial charge on any atom is -0.334 e. The maximum absolute atomic E-state index is 13.1. The van der Waals surface area contributed by atoms with Crippen LogP contribution in [0.15, 0.2) is 18.3 Å². The molecular formula is C15H17F3N2OS. The topological polar surface area (TPSA) is 33.2 Å². The lowest BCUT2D eigenvalue weighted by Crippen LogP contribution is -2.52. The summed E-state index contributed by atoms with van der Waals surface area (Å²) in [4.78, 5) is 17.7. The quantitative estimate of drug-likeness (QED) is 0.789. The third-order valence-electron chi connectivity index (χ3n) is 4.30. The summed E-state index contributed by atoms with van der Waals surface area (Å²) in [7, 11) is 0. The summed E-state index contributed by atoms with van der Waals surface area (Å²) in [5.74, 6) is 0.256. The second-order valence-electron chi connectivity index (χ2n) is 5.66. The molecule has 1 saturated heterocycles. The maximum Gasteiger partial charge on any atom is 0.434 e. The van der Waals surface area contributed by atoms with E-state index in [-0.39, 0.29) is 11.6 Å². The van der Waals surface area contributed by atoms with Crippen molar-refractivity contribution >= 4 is 17.7 Å². The first-order valence-corrected chi connectivity index (χ1v) is 8.48. The van der Waals surface area contributed by atoms with Crippen molar-refractivity contribution < 1.29 is 18.0 Å². The SMILES string of the molecule is O=C(c1cccnc1C(F)(F)F)N1CCS[C@H]2CCCC[C@@H]21. The third kappa shape index (κ3) is 2.95. The first-order valence-electron chi connectivity index (χ1n) is 7.43. The van der Waals surface area contributed by atoms with Crippen molar-refractivity contribution in [1.29, 1.82) is 0 Å². The molecule has 1 aliphatic carbocycles. The molecule has 0 bridgehead atoms. The Labute approximate surface area is 131 Å². The highest BCUT2D eigenvalue weighted by atomic mass is 32.2. The van der Waals surface area contributed by atoms with Gasteiger partial charge in [0.2, 0.25) is 0 Å². The van der Waals surface area contributed by atoms with Crippen LogP contribution in [0.2, 0.25) is 0 Å². The molecule has 22 heavy (non-hydrogen) atoms. The number of alkyl halides is 3. The van der Waals surface area contributed by atoms with Crippen LogP contribution in [0, 0.1) is 0 Å². The fraction of sp³-hybridized carbons (Fsp3) is 0.600. The highest BCUT2D eigenvalue weighted by Crippen LogP contribution is 2.37. The third-order valence-corrected chi connectivity index (χ3v) is 5.70. The average molecular weight is 330 g/mol. The number of hydrogen-bond donors (Lipinski definition) is 0. The van der Waals surface area contributed by atoms with Crippen LogP contribution in [0.3, 0.4) is 0 Å². The van der Waals surface area contributed by atoms with Gasteiger partial charge in [-0.3, -0.25) is 9.78 Å². The van der Waals surface area contributed by atoms with Gasteiger partial charge in [-0.2, -0.15) is 24.9 Å². The number of carbonyl (C=O) groups excluding carboxylic acids is 1. The highest BCUT2D eigenvalue weighted by Gasteiger charge is 2.41. The Bertz CT molecular complexity index is 562. The zero-order chi connectivity index (χ0) is 15.7. The molecule has 0 radical (unpaired) electrons. The molecule has 3 nitrogen and oxygen atoms in total. The van der Waals surface area contributed by atoms with E-state index in [1.54, 1.807) is 4.90 Å². The first-order chi connectivity index (χ1) is 10.5. The van der Waals surface area contributed by atoms with E-state index in [0.29, 0.717) is 11.8 Å². The lowest BCUT2D eigenvalue weighted by atomic mass is 9.92. The lowest BCUT2D eigenvalue weighted by Gasteiger charge is -2.43. The van der Waals surface area contributed by atoms with Gasteiger partial charge in [0.15, 0.2) is 5.69 Å². The molecular weight excluding hydrogens is 313 g/mol. The molecule has 1 aromatic rings. The summed E-state index contributed by atoms with van der Waals surface area (Å²) in [6.45, 7) is 0.511. The molecule has 0 unspecified atom stereocenters. The van der Waals surface area contributed by atoms with Gasteiger partial charge >= 0.3 is 6.18 Å². The summed E-state index contributed by atoms with van der Waals surface area (Å²) in [6, 6.07) is 2.68. The predicted octanol–water partition coefficient (Wildman–Crippen LogP) is 3.60. The van der Waals surface area contributed by atoms with Gasteiger partial charge in [0.25, 0.3) is 5.91 Å². The molecule has 1 saturated carbocycles. The number of halogens is 3. The molecule has 1 amide bonds. The monoisotopic (exact) mass is 330 g/mol. The minimum atomic E-state index is -4.61. The van der Waals surface area contributed by atoms with E-state index in [4.69, 9.17) is 0 Å². The molecule has 7 heteroatoms. The zero-order valence-electron chi connectivity index (χ0n) is 12.0. The van der Waals surface area contributed by atoms with E-state index in [1.807, 2.05) is 11.8 Å². The largest absolute Gasteiger partial charge is 0.434 e. The van der Waals surface area contributed by atoms with Gasteiger partial charge in [0, 0.05) is 29.8 Å². The minimum absolute atomic E-state index is 0.0567. The highest BCUT2D eigenvalue weighted by molar-refractivity contribution is 8.00. The van der Waals surface area contributed by atoms with Gasteiger partial charge in [-0.25, -0.2) is 0 Å². The van der Waals surface area contributed by atoms with Gasteiger partial charge in [-0.05, 0) is 25.0 Å². The van der Waals surface area contributed by atoms with Crippen LogP contribution in [-0.2, 0) is 6.18 Å². The van der Waals surface area contributed by atoms with Crippen LogP contribution >= 0.6 is 11.8 Å². The number of hydrogen-bond acceptors (Lipinski definition) is 3. The smallest absolute Gasteiger partial charge is 0.334 e. The Morgan fingerprint density at radius 2 is 2.09 bits per heavy atom. The van der Waals surface area contributed by atoms with Crippen molar-refractivity contribution in [1.82, 2.24) is 9.88 Å². The van der Waals surface area contributed by atoms with Gasteiger partial charge in [-0.15, -0.1) is 0 Å². The molecule has 0 aromatic carbocycles. The number of carbonyl (C=O) groups is 1. The van der Waals surface area contributed by atoms with Crippen molar-refractivity contribution in [2.75, 3.05) is 12.3 Å². The molecule has 2 atom stereocenters. The van der Waals surface area contributed by atoms with Crippen LogP contribution in [-0.4, -0.2) is 39.4 Å². The number of aromatic nitrogens is 1. The number of thioether (sulfide) groups is 1. The van der Waals surface area contributed by atoms with Gasteiger partial charge < -0.3 is 4.90 Å². The summed E-state index contributed by atoms with van der Waals surface area (Å²) >= 11 is 1.84. The molecule has 1 aromatic heterocycles. The summed E-state index contributed by atoms with van der Waals surface area (Å²) in [5.41, 5.74) is -1.41. The van der Waals surface area contributed by atoms with Crippen molar-refractivity contribution in [3.8, 4) is 0 Å². The van der Waals surface area contributed by atoms with Crippen LogP contribution in [0.5, 0.6) is 0 Å². The van der Waals surface area contributed by atoms with Crippen LogP contribution in [0.25, 0.3) is 0 Å². The van der Waals surface area contributed by atoms with E-state index in [1.165, 1.54) is 12.1 Å². The predicted molar refractivity (Wildman–Crippen MR) is 78.8 cm³/mol. The normalized spacial score (nSPS) is 25.7. The van der Waals surface area contributed by atoms with Gasteiger partial charge in [0.05, 0.1) is 5.56 Å². The number of pyridine rings is 1. The molecule has 2 fully saturated rings. The van der Waals surface area contributed by atoms with Crippen LogP contribution in [0.1, 0.15) is 41.7 Å². The average Bonchev–Trinajstić information content (AvgIpc) is 2.53. The Hall–Kier alpha value is -1.24. The first kappa shape index (κ1) is 15.6. The van der Waals surface area contributed by atoms with E-state index < -0.39 is 17.8 Å². The number of rotatable bonds is 1. The summed E-state index contributed by atoms with van der Waals surface area (Å²) < 4.78 is 39.2. The molecule has 120 valence electrons. The second-order valence-corrected chi connectivity index (χ2v) is 7.00. The van der Waals surface area contributed by atoms with Crippen LogP contribution < -0.4 is 0 Å². The zero-order valence-corrected chi connectivity index (χ0v) is 12.8. The number of fused-ring (bicyclic) bond motifs is 1. The standard InChI is InChI=1S/C15H17F3N2OS/c16-15(17,18)13-10(4-3-7-19-13)14(21)20-8-9-22-12-6-2-1-5-11(12)20/h3-4,7,11-12H,1-2,5-6,8-9H2/t11-,12-/m0/s1. The van der Waals surface area contributed by atoms with Crippen LogP contribution in [0.4, 0.5) is 13.2 Å². The Morgan fingerprint density at radius 3 is 2.86 bits per heavy atom. The Balaban J connectivity index is 1.90. The fourth-order valence-electron chi connectivity index (χ4n) is 3.31. The van der Waals surface area contributed by atoms with E-state index in [2.05, 4.69) is 4.98 Å². The molecule has 3 rings (SSSR count). The van der Waals surface area contributed by atoms with Crippen molar-refractivity contribution in [2.45, 2.75) is 43.2 Å². The van der Waals surface area contributed by atoms with E-state index >= 15 is 0 Å². The Morgan fingerprint density at radius 1 is 1.32 bits per heavy atom. The number of amides is 1. The molecule has 0 N–H and O–H groups in total. The second kappa shape index (κ2) is 6.10. The van der Waals surface area contributed by atoms with E-state index in [9.17, 15) is 18.0 Å². The number of nitrogens with zero attached hydrogens (tertiary/aromatic N) is 2. The van der Waals surface area contributed by atoms with Crippen molar-refractivity contribution in [2.24, 2.45) is 0 Å².